The number of hydrogen-bond donors (Lipinski definition) is 0. The van der Waals surface area contributed by atoms with Gasteiger partial charge in [-0.25, -0.2) is 0 Å². The standard InChI is InChI=1S/C21H18O2/c22-20(14-11-16-7-3-1-4-8-16)19-13-12-18(21(19)23)15-17-9-5-2-6-10-17/h1-11,14-15,19H,12-13H2/b14-11+,18-15+. The molecule has 0 aliphatic heterocycles. The third-order valence-electron chi connectivity index (χ3n) is 4.06. The Balaban J connectivity index is 1.70. The molecule has 2 aromatic rings. The largest absolute Gasteiger partial charge is 0.294 e. The van der Waals surface area contributed by atoms with Crippen molar-refractivity contribution in [3.63, 3.8) is 0 Å². The predicted molar refractivity (Wildman–Crippen MR) is 92.6 cm³/mol. The monoisotopic (exact) mass is 302 g/mol. The molecule has 2 nitrogen and oxygen atoms in total. The first-order valence-corrected chi connectivity index (χ1v) is 7.81. The minimum atomic E-state index is -0.523. The second-order valence-corrected chi connectivity index (χ2v) is 5.68. The van der Waals surface area contributed by atoms with E-state index in [9.17, 15) is 9.59 Å². The normalized spacial score (nSPS) is 19.6. The fourth-order valence-corrected chi connectivity index (χ4v) is 2.80. The van der Waals surface area contributed by atoms with E-state index in [1.54, 1.807) is 6.08 Å². The molecule has 1 unspecified atom stereocenters. The number of allylic oxidation sites excluding steroid dienone is 2. The van der Waals surface area contributed by atoms with E-state index < -0.39 is 5.92 Å². The molecule has 1 aliphatic carbocycles. The summed E-state index contributed by atoms with van der Waals surface area (Å²) < 4.78 is 0. The molecule has 0 N–H and O–H groups in total. The van der Waals surface area contributed by atoms with E-state index in [4.69, 9.17) is 0 Å². The predicted octanol–water partition coefficient (Wildman–Crippen LogP) is 4.33. The van der Waals surface area contributed by atoms with Gasteiger partial charge in [-0.05, 0) is 41.7 Å². The summed E-state index contributed by atoms with van der Waals surface area (Å²) in [6, 6.07) is 19.4. The van der Waals surface area contributed by atoms with Gasteiger partial charge in [-0.15, -0.1) is 0 Å². The quantitative estimate of drug-likeness (QED) is 0.622. The summed E-state index contributed by atoms with van der Waals surface area (Å²) in [6.45, 7) is 0. The zero-order valence-corrected chi connectivity index (χ0v) is 12.8. The Kier molecular flexibility index (Phi) is 4.62. The number of rotatable bonds is 4. The van der Waals surface area contributed by atoms with Crippen molar-refractivity contribution in [2.45, 2.75) is 12.8 Å². The van der Waals surface area contributed by atoms with Gasteiger partial charge < -0.3 is 0 Å². The fraction of sp³-hybridized carbons (Fsp3) is 0.143. The van der Waals surface area contributed by atoms with Gasteiger partial charge in [0, 0.05) is 0 Å². The SMILES string of the molecule is O=C(/C=C/c1ccccc1)C1CC/C(=C\c2ccccc2)C1=O. The van der Waals surface area contributed by atoms with Crippen molar-refractivity contribution in [3.8, 4) is 0 Å². The van der Waals surface area contributed by atoms with Crippen molar-refractivity contribution in [1.29, 1.82) is 0 Å². The van der Waals surface area contributed by atoms with E-state index in [2.05, 4.69) is 0 Å². The van der Waals surface area contributed by atoms with Crippen molar-refractivity contribution in [3.05, 3.63) is 83.4 Å². The van der Waals surface area contributed by atoms with Gasteiger partial charge in [0.15, 0.2) is 11.6 Å². The van der Waals surface area contributed by atoms with Crippen molar-refractivity contribution >= 4 is 23.7 Å². The van der Waals surface area contributed by atoms with Crippen LogP contribution in [0.15, 0.2) is 72.3 Å². The van der Waals surface area contributed by atoms with E-state index in [0.717, 1.165) is 16.7 Å². The maximum absolute atomic E-state index is 12.4. The summed E-state index contributed by atoms with van der Waals surface area (Å²) in [7, 11) is 0. The highest BCUT2D eigenvalue weighted by Crippen LogP contribution is 2.29. The highest BCUT2D eigenvalue weighted by Gasteiger charge is 2.33. The molecule has 3 rings (SSSR count). The Labute approximate surface area is 136 Å². The van der Waals surface area contributed by atoms with Crippen molar-refractivity contribution in [1.82, 2.24) is 0 Å². The smallest absolute Gasteiger partial charge is 0.169 e. The first kappa shape index (κ1) is 15.2. The van der Waals surface area contributed by atoms with Crippen LogP contribution < -0.4 is 0 Å². The Bertz CT molecular complexity index is 755. The summed E-state index contributed by atoms with van der Waals surface area (Å²) in [5, 5.41) is 0. The molecule has 1 saturated carbocycles. The van der Waals surface area contributed by atoms with E-state index in [1.165, 1.54) is 6.08 Å². The van der Waals surface area contributed by atoms with Gasteiger partial charge in [0.05, 0.1) is 5.92 Å². The van der Waals surface area contributed by atoms with Crippen molar-refractivity contribution < 1.29 is 9.59 Å². The van der Waals surface area contributed by atoms with Crippen LogP contribution in [-0.4, -0.2) is 11.6 Å². The molecular weight excluding hydrogens is 284 g/mol. The summed E-state index contributed by atoms with van der Waals surface area (Å²) in [5.74, 6) is -0.656. The van der Waals surface area contributed by atoms with Crippen LogP contribution in [0.3, 0.4) is 0 Å². The molecule has 0 aromatic heterocycles. The van der Waals surface area contributed by atoms with Gasteiger partial charge >= 0.3 is 0 Å². The van der Waals surface area contributed by atoms with Crippen LogP contribution >= 0.6 is 0 Å². The second kappa shape index (κ2) is 7.01. The molecule has 1 fully saturated rings. The lowest BCUT2D eigenvalue weighted by molar-refractivity contribution is -0.126. The lowest BCUT2D eigenvalue weighted by Gasteiger charge is -2.02. The zero-order valence-electron chi connectivity index (χ0n) is 12.8. The van der Waals surface area contributed by atoms with Gasteiger partial charge in [-0.2, -0.15) is 0 Å². The number of carbonyl (C=O) groups excluding carboxylic acids is 2. The average molecular weight is 302 g/mol. The molecule has 23 heavy (non-hydrogen) atoms. The Morgan fingerprint density at radius 1 is 0.913 bits per heavy atom. The molecule has 0 saturated heterocycles. The number of carbonyl (C=O) groups is 2. The van der Waals surface area contributed by atoms with E-state index in [1.807, 2.05) is 66.7 Å². The minimum Gasteiger partial charge on any atom is -0.294 e. The molecule has 0 radical (unpaired) electrons. The van der Waals surface area contributed by atoms with Crippen molar-refractivity contribution in [2.75, 3.05) is 0 Å². The first-order chi connectivity index (χ1) is 11.2. The van der Waals surface area contributed by atoms with Crippen LogP contribution in [0, 0.1) is 5.92 Å². The maximum atomic E-state index is 12.4. The molecule has 0 bridgehead atoms. The number of Topliss-reactive ketones (excluding diaryl/α,β-unsaturated/α-hetero) is 1. The summed E-state index contributed by atoms with van der Waals surface area (Å²) in [4.78, 5) is 24.7. The average Bonchev–Trinajstić information content (AvgIpc) is 2.95. The van der Waals surface area contributed by atoms with Crippen LogP contribution in [0.4, 0.5) is 0 Å². The minimum absolute atomic E-state index is 0.0310. The molecule has 2 heteroatoms. The lowest BCUT2D eigenvalue weighted by Crippen LogP contribution is -2.17. The molecule has 0 amide bonds. The van der Waals surface area contributed by atoms with Gasteiger partial charge in [0.2, 0.25) is 0 Å². The maximum Gasteiger partial charge on any atom is 0.169 e. The van der Waals surface area contributed by atoms with E-state index in [0.29, 0.717) is 12.8 Å². The van der Waals surface area contributed by atoms with Crippen molar-refractivity contribution in [2.24, 2.45) is 5.92 Å². The van der Waals surface area contributed by atoms with Crippen LogP contribution in [0.2, 0.25) is 0 Å². The van der Waals surface area contributed by atoms with Gasteiger partial charge in [0.1, 0.15) is 0 Å². The molecule has 1 aliphatic rings. The van der Waals surface area contributed by atoms with Gasteiger partial charge in [-0.1, -0.05) is 66.7 Å². The molecular formula is C21H18O2. The Morgan fingerprint density at radius 3 is 2.17 bits per heavy atom. The first-order valence-electron chi connectivity index (χ1n) is 7.81. The highest BCUT2D eigenvalue weighted by atomic mass is 16.2. The number of hydrogen-bond acceptors (Lipinski definition) is 2. The van der Waals surface area contributed by atoms with E-state index in [-0.39, 0.29) is 11.6 Å². The van der Waals surface area contributed by atoms with Crippen LogP contribution in [-0.2, 0) is 9.59 Å². The van der Waals surface area contributed by atoms with Crippen LogP contribution in [0.5, 0.6) is 0 Å². The molecule has 114 valence electrons. The van der Waals surface area contributed by atoms with Gasteiger partial charge in [0.25, 0.3) is 0 Å². The molecule has 0 heterocycles. The second-order valence-electron chi connectivity index (χ2n) is 5.68. The molecule has 0 spiro atoms. The fourth-order valence-electron chi connectivity index (χ4n) is 2.80. The topological polar surface area (TPSA) is 34.1 Å². The lowest BCUT2D eigenvalue weighted by atomic mass is 9.99. The van der Waals surface area contributed by atoms with Crippen LogP contribution in [0.25, 0.3) is 12.2 Å². The Morgan fingerprint density at radius 2 is 1.52 bits per heavy atom. The van der Waals surface area contributed by atoms with Gasteiger partial charge in [-0.3, -0.25) is 9.59 Å². The third-order valence-corrected chi connectivity index (χ3v) is 4.06. The van der Waals surface area contributed by atoms with E-state index >= 15 is 0 Å². The summed E-state index contributed by atoms with van der Waals surface area (Å²) in [5.41, 5.74) is 2.72. The summed E-state index contributed by atoms with van der Waals surface area (Å²) >= 11 is 0. The number of ketones is 2. The highest BCUT2D eigenvalue weighted by molar-refractivity contribution is 6.17. The summed E-state index contributed by atoms with van der Waals surface area (Å²) in [6.07, 6.45) is 6.48. The molecule has 1 atom stereocenters. The zero-order chi connectivity index (χ0) is 16.1. The Hall–Kier alpha value is -2.74. The third kappa shape index (κ3) is 3.72. The van der Waals surface area contributed by atoms with Crippen LogP contribution in [0.1, 0.15) is 24.0 Å². The molecule has 2 aromatic carbocycles. The number of benzene rings is 2.